The van der Waals surface area contributed by atoms with Gasteiger partial charge in [0.25, 0.3) is 5.91 Å². The highest BCUT2D eigenvalue weighted by molar-refractivity contribution is 7.99. The first-order chi connectivity index (χ1) is 9.82. The van der Waals surface area contributed by atoms with E-state index in [1.807, 2.05) is 5.38 Å². The number of thiazole rings is 1. The van der Waals surface area contributed by atoms with Gasteiger partial charge >= 0.3 is 6.03 Å². The van der Waals surface area contributed by atoms with Gasteiger partial charge in [-0.3, -0.25) is 9.69 Å². The summed E-state index contributed by atoms with van der Waals surface area (Å²) < 4.78 is 0. The van der Waals surface area contributed by atoms with Crippen LogP contribution in [0.5, 0.6) is 0 Å². The predicted molar refractivity (Wildman–Crippen MR) is 84.6 cm³/mol. The van der Waals surface area contributed by atoms with E-state index in [4.69, 9.17) is 0 Å². The first-order valence-corrected chi connectivity index (χ1v) is 9.02. The van der Waals surface area contributed by atoms with Gasteiger partial charge in [-0.1, -0.05) is 20.8 Å². The van der Waals surface area contributed by atoms with Crippen molar-refractivity contribution in [3.05, 3.63) is 16.1 Å². The van der Waals surface area contributed by atoms with Gasteiger partial charge in [0.1, 0.15) is 5.54 Å². The number of carbonyl (C=O) groups excluding carboxylic acids is 2. The number of imide groups is 1. The second-order valence-electron chi connectivity index (χ2n) is 6.60. The molecule has 21 heavy (non-hydrogen) atoms. The number of aromatic nitrogens is 1. The van der Waals surface area contributed by atoms with Crippen molar-refractivity contribution in [3.8, 4) is 0 Å². The molecule has 5 nitrogen and oxygen atoms in total. The molecule has 0 radical (unpaired) electrons. The molecule has 0 bridgehead atoms. The Kier molecular flexibility index (Phi) is 3.52. The van der Waals surface area contributed by atoms with E-state index in [9.17, 15) is 9.59 Å². The van der Waals surface area contributed by atoms with Crippen LogP contribution in [0.1, 0.15) is 37.9 Å². The van der Waals surface area contributed by atoms with Gasteiger partial charge in [-0.05, 0) is 12.2 Å². The van der Waals surface area contributed by atoms with E-state index in [2.05, 4.69) is 31.1 Å². The van der Waals surface area contributed by atoms with Crippen LogP contribution < -0.4 is 5.32 Å². The number of urea groups is 1. The lowest BCUT2D eigenvalue weighted by atomic mass is 9.98. The van der Waals surface area contributed by atoms with Crippen molar-refractivity contribution in [2.75, 3.05) is 11.5 Å². The molecule has 2 fully saturated rings. The second kappa shape index (κ2) is 4.98. The van der Waals surface area contributed by atoms with Crippen LogP contribution in [0.2, 0.25) is 0 Å². The van der Waals surface area contributed by atoms with E-state index in [1.165, 1.54) is 4.90 Å². The quantitative estimate of drug-likeness (QED) is 0.848. The minimum absolute atomic E-state index is 0.0104. The highest BCUT2D eigenvalue weighted by atomic mass is 32.2. The molecule has 0 unspecified atom stereocenters. The minimum Gasteiger partial charge on any atom is -0.322 e. The third-order valence-electron chi connectivity index (χ3n) is 3.78. The number of thioether (sulfide) groups is 1. The number of nitrogens with one attached hydrogen (secondary N) is 1. The van der Waals surface area contributed by atoms with Gasteiger partial charge in [-0.15, -0.1) is 11.3 Å². The maximum absolute atomic E-state index is 12.6. The Labute approximate surface area is 132 Å². The van der Waals surface area contributed by atoms with E-state index in [0.717, 1.165) is 22.9 Å². The Bertz CT molecular complexity index is 585. The number of hydrogen-bond donors (Lipinski definition) is 1. The van der Waals surface area contributed by atoms with Gasteiger partial charge in [0.2, 0.25) is 0 Å². The summed E-state index contributed by atoms with van der Waals surface area (Å²) in [6.45, 7) is 6.58. The zero-order valence-electron chi connectivity index (χ0n) is 12.4. The number of amides is 3. The summed E-state index contributed by atoms with van der Waals surface area (Å²) in [5, 5.41) is 5.84. The minimum atomic E-state index is -0.662. The Morgan fingerprint density at radius 2 is 2.19 bits per heavy atom. The van der Waals surface area contributed by atoms with Gasteiger partial charge in [0.15, 0.2) is 0 Å². The first kappa shape index (κ1) is 14.8. The summed E-state index contributed by atoms with van der Waals surface area (Å²) in [5.74, 6) is 1.51. The van der Waals surface area contributed by atoms with Crippen molar-refractivity contribution in [2.24, 2.45) is 0 Å². The molecule has 1 aromatic heterocycles. The molecule has 1 spiro atoms. The molecule has 3 heterocycles. The van der Waals surface area contributed by atoms with Crippen LogP contribution in [-0.4, -0.2) is 38.9 Å². The molecule has 2 saturated heterocycles. The first-order valence-electron chi connectivity index (χ1n) is 6.99. The average molecular weight is 325 g/mol. The molecule has 114 valence electrons. The third kappa shape index (κ3) is 2.57. The average Bonchev–Trinajstić information content (AvgIpc) is 3.07. The Balaban J connectivity index is 1.77. The summed E-state index contributed by atoms with van der Waals surface area (Å²) in [6, 6.07) is -0.284. The van der Waals surface area contributed by atoms with Crippen LogP contribution in [0.3, 0.4) is 0 Å². The Morgan fingerprint density at radius 3 is 2.76 bits per heavy atom. The SMILES string of the molecule is CC(C)(C)c1nc(CN2C(=O)N[C@]3(CCSC3)C2=O)cs1. The van der Waals surface area contributed by atoms with Crippen molar-refractivity contribution < 1.29 is 9.59 Å². The maximum Gasteiger partial charge on any atom is 0.325 e. The largest absolute Gasteiger partial charge is 0.325 e. The van der Waals surface area contributed by atoms with Crippen LogP contribution >= 0.6 is 23.1 Å². The lowest BCUT2D eigenvalue weighted by molar-refractivity contribution is -0.130. The molecule has 2 aliphatic heterocycles. The molecule has 3 rings (SSSR count). The topological polar surface area (TPSA) is 62.3 Å². The molecule has 1 aromatic rings. The number of nitrogens with zero attached hydrogens (tertiary/aromatic N) is 2. The summed E-state index contributed by atoms with van der Waals surface area (Å²) in [4.78, 5) is 30.5. The predicted octanol–water partition coefficient (Wildman–Crippen LogP) is 2.37. The maximum atomic E-state index is 12.6. The molecule has 3 amide bonds. The van der Waals surface area contributed by atoms with Crippen molar-refractivity contribution in [1.29, 1.82) is 0 Å². The Hall–Kier alpha value is -1.08. The number of hydrogen-bond acceptors (Lipinski definition) is 5. The van der Waals surface area contributed by atoms with Crippen LogP contribution in [0.15, 0.2) is 5.38 Å². The molecule has 7 heteroatoms. The Morgan fingerprint density at radius 1 is 1.43 bits per heavy atom. The third-order valence-corrected chi connectivity index (χ3v) is 6.29. The van der Waals surface area contributed by atoms with E-state index < -0.39 is 5.54 Å². The molecule has 2 aliphatic rings. The summed E-state index contributed by atoms with van der Waals surface area (Å²) >= 11 is 3.30. The van der Waals surface area contributed by atoms with Gasteiger partial charge in [0.05, 0.1) is 17.2 Å². The monoisotopic (exact) mass is 325 g/mol. The van der Waals surface area contributed by atoms with E-state index in [1.54, 1.807) is 23.1 Å². The highest BCUT2D eigenvalue weighted by Gasteiger charge is 2.52. The zero-order chi connectivity index (χ0) is 15.3. The van der Waals surface area contributed by atoms with Crippen molar-refractivity contribution >= 4 is 35.0 Å². The van der Waals surface area contributed by atoms with Gasteiger partial charge < -0.3 is 5.32 Å². The zero-order valence-corrected chi connectivity index (χ0v) is 14.1. The molecule has 0 saturated carbocycles. The van der Waals surface area contributed by atoms with E-state index >= 15 is 0 Å². The van der Waals surface area contributed by atoms with Crippen LogP contribution in [0.4, 0.5) is 4.79 Å². The fourth-order valence-electron chi connectivity index (χ4n) is 2.54. The van der Waals surface area contributed by atoms with Gasteiger partial charge in [-0.2, -0.15) is 11.8 Å². The van der Waals surface area contributed by atoms with Crippen LogP contribution in [0, 0.1) is 0 Å². The fourth-order valence-corrected chi connectivity index (χ4v) is 4.76. The molecule has 1 atom stereocenters. The van der Waals surface area contributed by atoms with Gasteiger partial charge in [0, 0.05) is 16.5 Å². The normalized spacial score (nSPS) is 26.0. The number of rotatable bonds is 2. The van der Waals surface area contributed by atoms with E-state index in [0.29, 0.717) is 5.75 Å². The molecular weight excluding hydrogens is 306 g/mol. The van der Waals surface area contributed by atoms with Crippen molar-refractivity contribution in [3.63, 3.8) is 0 Å². The van der Waals surface area contributed by atoms with Gasteiger partial charge in [-0.25, -0.2) is 9.78 Å². The lowest BCUT2D eigenvalue weighted by Gasteiger charge is -2.19. The molecule has 0 aliphatic carbocycles. The van der Waals surface area contributed by atoms with Crippen LogP contribution in [0.25, 0.3) is 0 Å². The van der Waals surface area contributed by atoms with Crippen molar-refractivity contribution in [1.82, 2.24) is 15.2 Å². The molecule has 1 N–H and O–H groups in total. The fraction of sp³-hybridized carbons (Fsp3) is 0.643. The summed E-state index contributed by atoms with van der Waals surface area (Å²) in [7, 11) is 0. The number of carbonyl (C=O) groups is 2. The summed E-state index contributed by atoms with van der Waals surface area (Å²) in [6.07, 6.45) is 0.725. The van der Waals surface area contributed by atoms with E-state index in [-0.39, 0.29) is 23.9 Å². The van der Waals surface area contributed by atoms with Crippen molar-refractivity contribution in [2.45, 2.75) is 44.7 Å². The smallest absolute Gasteiger partial charge is 0.322 e. The lowest BCUT2D eigenvalue weighted by Crippen LogP contribution is -2.46. The summed E-state index contributed by atoms with van der Waals surface area (Å²) in [5.41, 5.74) is 0.116. The van der Waals surface area contributed by atoms with Crippen LogP contribution in [-0.2, 0) is 16.8 Å². The molecule has 0 aromatic carbocycles. The highest BCUT2D eigenvalue weighted by Crippen LogP contribution is 2.34. The standard InChI is InChI=1S/C14H19N3O2S2/c1-13(2,3)10-15-9(7-21-10)6-17-11(18)14(16-12(17)19)4-5-20-8-14/h7H,4-6,8H2,1-3H3,(H,16,19)/t14-/m0/s1. The second-order valence-corrected chi connectivity index (χ2v) is 8.56. The molecular formula is C14H19N3O2S2.